The van der Waals surface area contributed by atoms with E-state index < -0.39 is 0 Å². The summed E-state index contributed by atoms with van der Waals surface area (Å²) in [6.07, 6.45) is 1.88. The fourth-order valence-electron chi connectivity index (χ4n) is 4.84. The maximum Gasteiger partial charge on any atom is 0.282 e. The van der Waals surface area contributed by atoms with E-state index in [9.17, 15) is 9.59 Å². The van der Waals surface area contributed by atoms with Crippen LogP contribution in [0.1, 0.15) is 28.7 Å². The summed E-state index contributed by atoms with van der Waals surface area (Å²) >= 11 is 0. The fourth-order valence-corrected chi connectivity index (χ4v) is 4.84. The lowest BCUT2D eigenvalue weighted by Gasteiger charge is -2.32. The average molecular weight is 439 g/mol. The Balaban J connectivity index is 1.70. The van der Waals surface area contributed by atoms with Crippen molar-refractivity contribution in [3.8, 4) is 5.75 Å². The first-order chi connectivity index (χ1) is 16.0. The Morgan fingerprint density at radius 1 is 0.879 bits per heavy atom. The predicted molar refractivity (Wildman–Crippen MR) is 130 cm³/mol. The van der Waals surface area contributed by atoms with Crippen LogP contribution in [-0.2, 0) is 16.0 Å². The van der Waals surface area contributed by atoms with E-state index in [4.69, 9.17) is 4.74 Å². The molecule has 0 radical (unpaired) electrons. The van der Waals surface area contributed by atoms with Crippen LogP contribution in [0.25, 0.3) is 5.57 Å². The molecule has 5 rings (SSSR count). The van der Waals surface area contributed by atoms with E-state index in [1.165, 1.54) is 10.5 Å². The summed E-state index contributed by atoms with van der Waals surface area (Å²) < 4.78 is 5.25. The van der Waals surface area contributed by atoms with Crippen LogP contribution in [0.2, 0.25) is 0 Å². The van der Waals surface area contributed by atoms with Crippen molar-refractivity contribution >= 4 is 28.8 Å². The number of fused-ring (bicyclic) bond motifs is 1. The lowest BCUT2D eigenvalue weighted by molar-refractivity contribution is -0.120. The van der Waals surface area contributed by atoms with E-state index in [1.54, 1.807) is 31.4 Å². The van der Waals surface area contributed by atoms with Gasteiger partial charge in [0, 0.05) is 12.2 Å². The summed E-state index contributed by atoms with van der Waals surface area (Å²) in [6.45, 7) is 4.71. The molecule has 0 aliphatic carbocycles. The number of amides is 2. The Bertz CT molecular complexity index is 1290. The van der Waals surface area contributed by atoms with Gasteiger partial charge in [0.15, 0.2) is 0 Å². The Morgan fingerprint density at radius 2 is 1.64 bits per heavy atom. The molecule has 0 aromatic heterocycles. The summed E-state index contributed by atoms with van der Waals surface area (Å²) in [5.41, 5.74) is 6.54. The topological polar surface area (TPSA) is 49.9 Å². The maximum absolute atomic E-state index is 13.9. The van der Waals surface area contributed by atoms with Gasteiger partial charge in [0.2, 0.25) is 0 Å². The third-order valence-electron chi connectivity index (χ3n) is 6.42. The summed E-state index contributed by atoms with van der Waals surface area (Å²) in [4.78, 5) is 31.1. The van der Waals surface area contributed by atoms with Crippen LogP contribution < -0.4 is 14.5 Å². The molecule has 3 aromatic rings. The Morgan fingerprint density at radius 3 is 2.36 bits per heavy atom. The van der Waals surface area contributed by atoms with Gasteiger partial charge in [-0.3, -0.25) is 9.59 Å². The number of hydrogen-bond donors (Lipinski definition) is 0. The van der Waals surface area contributed by atoms with Crippen LogP contribution in [0.15, 0.2) is 72.4 Å². The highest BCUT2D eigenvalue weighted by Gasteiger charge is 2.44. The highest BCUT2D eigenvalue weighted by Crippen LogP contribution is 2.40. The third-order valence-corrected chi connectivity index (χ3v) is 6.42. The van der Waals surface area contributed by atoms with Gasteiger partial charge in [-0.15, -0.1) is 0 Å². The molecule has 2 amide bonds. The van der Waals surface area contributed by atoms with E-state index in [0.717, 1.165) is 35.2 Å². The van der Waals surface area contributed by atoms with E-state index in [1.807, 2.05) is 49.1 Å². The van der Waals surface area contributed by atoms with Gasteiger partial charge < -0.3 is 9.64 Å². The Kier molecular flexibility index (Phi) is 5.25. The van der Waals surface area contributed by atoms with Gasteiger partial charge >= 0.3 is 0 Å². The first-order valence-electron chi connectivity index (χ1n) is 11.2. The average Bonchev–Trinajstić information content (AvgIpc) is 3.08. The summed E-state index contributed by atoms with van der Waals surface area (Å²) in [5.74, 6) is 0.0811. The molecule has 0 unspecified atom stereocenters. The van der Waals surface area contributed by atoms with Crippen molar-refractivity contribution in [2.75, 3.05) is 23.5 Å². The molecule has 0 atom stereocenters. The van der Waals surface area contributed by atoms with Crippen molar-refractivity contribution < 1.29 is 14.3 Å². The maximum atomic E-state index is 13.9. The van der Waals surface area contributed by atoms with Gasteiger partial charge in [0.05, 0.1) is 18.4 Å². The van der Waals surface area contributed by atoms with Crippen molar-refractivity contribution in [2.45, 2.75) is 26.7 Å². The highest BCUT2D eigenvalue weighted by molar-refractivity contribution is 6.46. The second kappa shape index (κ2) is 8.24. The number of hydrogen-bond acceptors (Lipinski definition) is 4. The first-order valence-corrected chi connectivity index (χ1v) is 11.2. The molecule has 0 N–H and O–H groups in total. The fraction of sp³-hybridized carbons (Fsp3) is 0.214. The molecule has 2 aliphatic heterocycles. The molecule has 5 nitrogen and oxygen atoms in total. The molecule has 2 heterocycles. The van der Waals surface area contributed by atoms with Gasteiger partial charge in [0.25, 0.3) is 11.8 Å². The molecule has 0 bridgehead atoms. The van der Waals surface area contributed by atoms with Crippen LogP contribution in [-0.4, -0.2) is 25.5 Å². The number of carbonyl (C=O) groups is 2. The van der Waals surface area contributed by atoms with Crippen molar-refractivity contribution in [1.29, 1.82) is 0 Å². The van der Waals surface area contributed by atoms with Crippen molar-refractivity contribution in [3.63, 3.8) is 0 Å². The molecular weight excluding hydrogens is 412 g/mol. The standard InChI is InChI=1S/C28H26N2O3/c1-18-10-15-23(19(2)17-18)25-26(29-16-6-8-20-7-4-5-9-24(20)29)28(32)30(27(25)31)21-11-13-22(33-3)14-12-21/h4-5,7,9-15,17H,6,8,16H2,1-3H3. The van der Waals surface area contributed by atoms with Crippen LogP contribution in [0.4, 0.5) is 11.4 Å². The minimum absolute atomic E-state index is 0.295. The second-order valence-corrected chi connectivity index (χ2v) is 8.57. The molecule has 5 heteroatoms. The first kappa shape index (κ1) is 21.0. The molecular formula is C28H26N2O3. The molecule has 0 fully saturated rings. The zero-order valence-corrected chi connectivity index (χ0v) is 19.1. The molecule has 33 heavy (non-hydrogen) atoms. The zero-order chi connectivity index (χ0) is 23.1. The van der Waals surface area contributed by atoms with Crippen LogP contribution in [0, 0.1) is 13.8 Å². The third kappa shape index (κ3) is 3.50. The van der Waals surface area contributed by atoms with Gasteiger partial charge in [-0.1, -0.05) is 42.0 Å². The smallest absolute Gasteiger partial charge is 0.282 e. The summed E-state index contributed by atoms with van der Waals surface area (Å²) in [6, 6.07) is 21.2. The predicted octanol–water partition coefficient (Wildman–Crippen LogP) is 5.05. The van der Waals surface area contributed by atoms with Gasteiger partial charge in [-0.2, -0.15) is 0 Å². The van der Waals surface area contributed by atoms with Gasteiger partial charge in [-0.05, 0) is 73.7 Å². The summed E-state index contributed by atoms with van der Waals surface area (Å²) in [5, 5.41) is 0. The SMILES string of the molecule is COc1ccc(N2C(=O)C(c3ccc(C)cc3C)=C(N3CCCc4ccccc43)C2=O)cc1. The lowest BCUT2D eigenvalue weighted by atomic mass is 9.95. The number of carbonyl (C=O) groups excluding carboxylic acids is 2. The second-order valence-electron chi connectivity index (χ2n) is 8.57. The number of aryl methyl sites for hydroxylation is 3. The van der Waals surface area contributed by atoms with Crippen LogP contribution in [0.5, 0.6) is 5.75 Å². The van der Waals surface area contributed by atoms with Gasteiger partial charge in [0.1, 0.15) is 11.4 Å². The quantitative estimate of drug-likeness (QED) is 0.535. The van der Waals surface area contributed by atoms with E-state index in [2.05, 4.69) is 12.1 Å². The van der Waals surface area contributed by atoms with E-state index in [-0.39, 0.29) is 11.8 Å². The van der Waals surface area contributed by atoms with Crippen molar-refractivity contribution in [3.05, 3.63) is 94.7 Å². The highest BCUT2D eigenvalue weighted by atomic mass is 16.5. The van der Waals surface area contributed by atoms with E-state index in [0.29, 0.717) is 29.3 Å². The minimum Gasteiger partial charge on any atom is -0.497 e. The van der Waals surface area contributed by atoms with Crippen LogP contribution in [0.3, 0.4) is 0 Å². The van der Waals surface area contributed by atoms with Crippen molar-refractivity contribution in [1.82, 2.24) is 0 Å². The van der Waals surface area contributed by atoms with Crippen molar-refractivity contribution in [2.24, 2.45) is 0 Å². The molecule has 0 spiro atoms. The Hall–Kier alpha value is -3.86. The number of benzene rings is 3. The molecule has 0 saturated heterocycles. The number of anilines is 2. The van der Waals surface area contributed by atoms with Gasteiger partial charge in [-0.25, -0.2) is 4.90 Å². The largest absolute Gasteiger partial charge is 0.497 e. The lowest BCUT2D eigenvalue weighted by Crippen LogP contribution is -2.37. The monoisotopic (exact) mass is 438 g/mol. The minimum atomic E-state index is -0.296. The van der Waals surface area contributed by atoms with Crippen LogP contribution >= 0.6 is 0 Å². The Labute approximate surface area is 193 Å². The number of nitrogens with zero attached hydrogens (tertiary/aromatic N) is 2. The number of para-hydroxylation sites is 1. The van der Waals surface area contributed by atoms with E-state index >= 15 is 0 Å². The number of rotatable bonds is 4. The summed E-state index contributed by atoms with van der Waals surface area (Å²) in [7, 11) is 1.59. The molecule has 0 saturated carbocycles. The number of imide groups is 1. The zero-order valence-electron chi connectivity index (χ0n) is 19.1. The number of ether oxygens (including phenoxy) is 1. The number of methoxy groups -OCH3 is 1. The molecule has 3 aromatic carbocycles. The molecule has 166 valence electrons. The normalized spacial score (nSPS) is 15.8. The molecule has 2 aliphatic rings.